The van der Waals surface area contributed by atoms with E-state index in [0.717, 1.165) is 25.7 Å². The van der Waals surface area contributed by atoms with E-state index in [-0.39, 0.29) is 35.5 Å². The highest BCUT2D eigenvalue weighted by molar-refractivity contribution is 7.85. The van der Waals surface area contributed by atoms with Crippen LogP contribution in [-0.2, 0) is 38.5 Å². The highest BCUT2D eigenvalue weighted by Gasteiger charge is 2.37. The predicted molar refractivity (Wildman–Crippen MR) is 146 cm³/mol. The van der Waals surface area contributed by atoms with Crippen LogP contribution in [0.3, 0.4) is 0 Å². The molecule has 3 rings (SSSR count). The van der Waals surface area contributed by atoms with Gasteiger partial charge in [0.05, 0.1) is 22.2 Å². The first-order valence-corrected chi connectivity index (χ1v) is 14.8. The van der Waals surface area contributed by atoms with Crippen LogP contribution < -0.4 is 16.4 Å². The topological polar surface area (TPSA) is 168 Å². The van der Waals surface area contributed by atoms with Gasteiger partial charge in [0, 0.05) is 12.5 Å². The lowest BCUT2D eigenvalue weighted by molar-refractivity contribution is -0.143. The van der Waals surface area contributed by atoms with Crippen molar-refractivity contribution >= 4 is 29.2 Å². The van der Waals surface area contributed by atoms with Crippen molar-refractivity contribution in [2.75, 3.05) is 0 Å². The quantitative estimate of drug-likeness (QED) is 0.106. The number of hydrogen-bond donors (Lipinski definition) is 5. The second-order valence-electron chi connectivity index (χ2n) is 9.94. The Morgan fingerprint density at radius 3 is 2.02 bits per heavy atom. The zero-order valence-electron chi connectivity index (χ0n) is 23.2. The fraction of sp³-hybridized carbons (Fsp3) is 0.462. The van der Waals surface area contributed by atoms with Gasteiger partial charge in [-0.3, -0.25) is 9.35 Å². The number of nitrogens with one attached hydrogen (secondary N) is 2. The first kappa shape index (κ1) is 36.8. The highest BCUT2D eigenvalue weighted by Crippen LogP contribution is 2.36. The van der Waals surface area contributed by atoms with E-state index < -0.39 is 65.1 Å². The molecule has 0 spiro atoms. The van der Waals surface area contributed by atoms with Crippen molar-refractivity contribution in [2.24, 2.45) is 11.7 Å². The van der Waals surface area contributed by atoms with Crippen molar-refractivity contribution in [3.05, 3.63) is 65.2 Å². The number of halogens is 6. The van der Waals surface area contributed by atoms with E-state index in [2.05, 4.69) is 9.97 Å². The van der Waals surface area contributed by atoms with E-state index in [9.17, 15) is 49.4 Å². The number of amides is 2. The standard InChI is InChI=1S/C20H26BF6N3O4.C6H6O3S/c22-19(23,24)14-8-12(9-15(10-14)20(25,26)27)11-29-18(32)34-21(33)7-3-6-16(28)30-17(31)13-4-1-2-5-13;7-10(8,9)6-4-2-1-3-5-6/h8-10,13,16,33H,1-7,11,28H2,(H,29,32)(H,30,31);1-5H,(H,7,8,9). The van der Waals surface area contributed by atoms with Gasteiger partial charge >= 0.3 is 25.6 Å². The second-order valence-corrected chi connectivity index (χ2v) is 11.4. The summed E-state index contributed by atoms with van der Waals surface area (Å²) in [5.74, 6) is -0.169. The molecule has 0 aliphatic heterocycles. The van der Waals surface area contributed by atoms with E-state index in [4.69, 9.17) is 10.3 Å². The van der Waals surface area contributed by atoms with Crippen LogP contribution in [0.25, 0.3) is 0 Å². The number of carbonyl (C=O) groups is 2. The van der Waals surface area contributed by atoms with Crippen molar-refractivity contribution in [3.8, 4) is 0 Å². The maximum Gasteiger partial charge on any atom is 0.525 e. The second kappa shape index (κ2) is 16.1. The molecule has 0 radical (unpaired) electrons. The molecule has 44 heavy (non-hydrogen) atoms. The monoisotopic (exact) mass is 655 g/mol. The Kier molecular flexibility index (Phi) is 13.5. The van der Waals surface area contributed by atoms with Gasteiger partial charge in [-0.05, 0) is 61.5 Å². The molecule has 244 valence electrons. The van der Waals surface area contributed by atoms with Gasteiger partial charge in [-0.15, -0.1) is 0 Å². The van der Waals surface area contributed by atoms with Crippen molar-refractivity contribution < 1.29 is 58.6 Å². The zero-order valence-corrected chi connectivity index (χ0v) is 24.0. The lowest BCUT2D eigenvalue weighted by atomic mass is 9.82. The lowest BCUT2D eigenvalue weighted by Gasteiger charge is -2.17. The third-order valence-corrected chi connectivity index (χ3v) is 7.26. The number of carbonyl (C=O) groups excluding carboxylic acids is 2. The van der Waals surface area contributed by atoms with E-state index >= 15 is 0 Å². The number of benzene rings is 2. The summed E-state index contributed by atoms with van der Waals surface area (Å²) in [5.41, 5.74) is 2.37. The molecular weight excluding hydrogens is 623 g/mol. The van der Waals surface area contributed by atoms with Gasteiger partial charge in [-0.25, -0.2) is 4.79 Å². The first-order chi connectivity index (χ1) is 20.4. The normalized spacial score (nSPS) is 14.7. The molecule has 0 aromatic heterocycles. The SMILES string of the molecule is NC(CCCB(O)OC(=O)NCc1cc(C(F)(F)F)cc(C(F)(F)F)c1)NC(=O)C1CCCC1.O=S(=O)(O)c1ccccc1. The van der Waals surface area contributed by atoms with E-state index in [1.807, 2.05) is 5.32 Å². The van der Waals surface area contributed by atoms with Crippen LogP contribution in [0, 0.1) is 5.92 Å². The van der Waals surface area contributed by atoms with Gasteiger partial charge in [0.25, 0.3) is 10.1 Å². The molecule has 1 atom stereocenters. The Balaban J connectivity index is 0.000000569. The molecule has 0 bridgehead atoms. The lowest BCUT2D eigenvalue weighted by Crippen LogP contribution is -2.44. The number of alkyl halides is 6. The van der Waals surface area contributed by atoms with Gasteiger partial charge in [0.2, 0.25) is 5.91 Å². The molecule has 1 aliphatic carbocycles. The molecule has 2 aromatic carbocycles. The van der Waals surface area contributed by atoms with Crippen LogP contribution in [0.2, 0.25) is 6.32 Å². The van der Waals surface area contributed by atoms with Crippen LogP contribution in [0.15, 0.2) is 53.4 Å². The van der Waals surface area contributed by atoms with Crippen molar-refractivity contribution in [1.82, 2.24) is 10.6 Å². The minimum atomic E-state index is -5.01. The van der Waals surface area contributed by atoms with Gasteiger partial charge in [-0.1, -0.05) is 37.5 Å². The van der Waals surface area contributed by atoms with Crippen LogP contribution >= 0.6 is 0 Å². The Hall–Kier alpha value is -3.35. The van der Waals surface area contributed by atoms with Crippen LogP contribution in [0.1, 0.15) is 55.2 Å². The van der Waals surface area contributed by atoms with Crippen molar-refractivity contribution in [2.45, 2.75) is 74.8 Å². The smallest absolute Gasteiger partial charge is 0.493 e. The molecule has 2 aromatic rings. The van der Waals surface area contributed by atoms with Crippen LogP contribution in [0.4, 0.5) is 31.1 Å². The van der Waals surface area contributed by atoms with Gasteiger partial charge in [-0.2, -0.15) is 34.8 Å². The largest absolute Gasteiger partial charge is 0.525 e. The predicted octanol–water partition coefficient (Wildman–Crippen LogP) is 4.74. The van der Waals surface area contributed by atoms with E-state index in [1.165, 1.54) is 12.1 Å². The molecule has 18 heteroatoms. The third-order valence-electron chi connectivity index (χ3n) is 6.39. The third kappa shape index (κ3) is 13.1. The number of hydrogen-bond acceptors (Lipinski definition) is 7. The molecule has 0 heterocycles. The zero-order chi connectivity index (χ0) is 33.1. The fourth-order valence-electron chi connectivity index (χ4n) is 4.19. The van der Waals surface area contributed by atoms with E-state index in [1.54, 1.807) is 18.2 Å². The molecule has 10 nitrogen and oxygen atoms in total. The summed E-state index contributed by atoms with van der Waals surface area (Å²) in [7, 11) is -5.58. The molecule has 2 amide bonds. The summed E-state index contributed by atoms with van der Waals surface area (Å²) in [6.45, 7) is -0.684. The average molecular weight is 655 g/mol. The van der Waals surface area contributed by atoms with Gasteiger partial charge in [0.15, 0.2) is 0 Å². The van der Waals surface area contributed by atoms with Crippen molar-refractivity contribution in [1.29, 1.82) is 0 Å². The Morgan fingerprint density at radius 2 is 1.55 bits per heavy atom. The Morgan fingerprint density at radius 1 is 1.00 bits per heavy atom. The minimum absolute atomic E-state index is 0.0214. The average Bonchev–Trinajstić information content (AvgIpc) is 3.47. The molecule has 0 saturated heterocycles. The molecule has 1 unspecified atom stereocenters. The molecular formula is C26H32BF6N3O7S. The summed E-state index contributed by atoms with van der Waals surface area (Å²) < 4.78 is 111. The van der Waals surface area contributed by atoms with Gasteiger partial charge in [0.1, 0.15) is 0 Å². The summed E-state index contributed by atoms with van der Waals surface area (Å²) in [5, 5.41) is 14.5. The van der Waals surface area contributed by atoms with Crippen molar-refractivity contribution in [3.63, 3.8) is 0 Å². The van der Waals surface area contributed by atoms with E-state index in [0.29, 0.717) is 18.6 Å². The highest BCUT2D eigenvalue weighted by atomic mass is 32.2. The van der Waals surface area contributed by atoms with Crippen LogP contribution in [0.5, 0.6) is 0 Å². The summed E-state index contributed by atoms with van der Waals surface area (Å²) in [6, 6.07) is 8.36. The molecule has 1 fully saturated rings. The molecule has 6 N–H and O–H groups in total. The maximum absolute atomic E-state index is 12.9. The number of rotatable bonds is 10. The summed E-state index contributed by atoms with van der Waals surface area (Å²) in [4.78, 5) is 23.7. The van der Waals surface area contributed by atoms with Gasteiger partial charge < -0.3 is 26.0 Å². The first-order valence-electron chi connectivity index (χ1n) is 13.4. The minimum Gasteiger partial charge on any atom is -0.493 e. The number of nitrogens with two attached hydrogens (primary N) is 1. The summed E-state index contributed by atoms with van der Waals surface area (Å²) in [6.07, 6.45) is -7.72. The maximum atomic E-state index is 12.9. The Labute approximate surface area is 250 Å². The summed E-state index contributed by atoms with van der Waals surface area (Å²) >= 11 is 0. The Bertz CT molecular complexity index is 1310. The fourth-order valence-corrected chi connectivity index (χ4v) is 4.69. The molecule has 1 saturated carbocycles. The molecule has 1 aliphatic rings. The van der Waals surface area contributed by atoms with Crippen LogP contribution in [-0.4, -0.2) is 43.3 Å².